The Bertz CT molecular complexity index is 378. The van der Waals surface area contributed by atoms with E-state index in [9.17, 15) is 0 Å². The molecule has 1 N–H and O–H groups in total. The summed E-state index contributed by atoms with van der Waals surface area (Å²) in [6.07, 6.45) is 0. The molecule has 0 atom stereocenters. The van der Waals surface area contributed by atoms with Crippen LogP contribution in [0.3, 0.4) is 0 Å². The number of rotatable bonds is 4. The summed E-state index contributed by atoms with van der Waals surface area (Å²) >= 11 is 3.56. The molecule has 0 aliphatic carbocycles. The highest BCUT2D eigenvalue weighted by atomic mass is 79.9. The first-order valence-electron chi connectivity index (χ1n) is 5.07. The fourth-order valence-electron chi connectivity index (χ4n) is 1.51. The Balaban J connectivity index is 3.35. The highest BCUT2D eigenvalue weighted by Gasteiger charge is 2.24. The number of ether oxygens (including phenoxy) is 2. The van der Waals surface area contributed by atoms with E-state index in [1.807, 2.05) is 19.2 Å². The van der Waals surface area contributed by atoms with Crippen molar-refractivity contribution in [2.45, 2.75) is 19.4 Å². The molecule has 0 radical (unpaired) electrons. The van der Waals surface area contributed by atoms with E-state index >= 15 is 0 Å². The van der Waals surface area contributed by atoms with Gasteiger partial charge in [0.05, 0.1) is 18.7 Å². The Morgan fingerprint density at radius 1 is 1.19 bits per heavy atom. The maximum atomic E-state index is 5.35. The topological polar surface area (TPSA) is 30.5 Å². The molecular weight excluding hydrogens is 270 g/mol. The average molecular weight is 288 g/mol. The fourth-order valence-corrected chi connectivity index (χ4v) is 2.49. The molecule has 0 fully saturated rings. The standard InChI is InChI=1S/C12H18BrNO2/c1-12(2,14-3)8-6-7-9(15-4)11(16-5)10(8)13/h6-7,14H,1-5H3. The van der Waals surface area contributed by atoms with Gasteiger partial charge in [-0.15, -0.1) is 0 Å². The van der Waals surface area contributed by atoms with E-state index in [-0.39, 0.29) is 5.54 Å². The van der Waals surface area contributed by atoms with Crippen molar-refractivity contribution in [3.05, 3.63) is 22.2 Å². The van der Waals surface area contributed by atoms with Gasteiger partial charge >= 0.3 is 0 Å². The third kappa shape index (κ3) is 2.33. The first-order valence-corrected chi connectivity index (χ1v) is 5.87. The minimum absolute atomic E-state index is 0.127. The van der Waals surface area contributed by atoms with Gasteiger partial charge in [-0.3, -0.25) is 0 Å². The van der Waals surface area contributed by atoms with Crippen LogP contribution in [0.25, 0.3) is 0 Å². The lowest BCUT2D eigenvalue weighted by Gasteiger charge is -2.27. The van der Waals surface area contributed by atoms with E-state index in [4.69, 9.17) is 9.47 Å². The number of halogens is 1. The predicted octanol–water partition coefficient (Wildman–Crippen LogP) is 2.92. The highest BCUT2D eigenvalue weighted by Crippen LogP contribution is 2.41. The van der Waals surface area contributed by atoms with Crippen molar-refractivity contribution in [3.8, 4) is 11.5 Å². The largest absolute Gasteiger partial charge is 0.493 e. The molecule has 0 aromatic heterocycles. The van der Waals surface area contributed by atoms with Gasteiger partial charge in [0.25, 0.3) is 0 Å². The molecule has 0 aliphatic heterocycles. The van der Waals surface area contributed by atoms with E-state index < -0.39 is 0 Å². The Morgan fingerprint density at radius 3 is 2.25 bits per heavy atom. The second-order valence-electron chi connectivity index (χ2n) is 4.04. The minimum atomic E-state index is -0.127. The molecule has 0 unspecified atom stereocenters. The Morgan fingerprint density at radius 2 is 1.81 bits per heavy atom. The van der Waals surface area contributed by atoms with Gasteiger partial charge in [-0.25, -0.2) is 0 Å². The second-order valence-corrected chi connectivity index (χ2v) is 4.83. The van der Waals surface area contributed by atoms with Crippen molar-refractivity contribution < 1.29 is 9.47 Å². The minimum Gasteiger partial charge on any atom is -0.493 e. The quantitative estimate of drug-likeness (QED) is 0.924. The molecule has 0 saturated heterocycles. The number of methoxy groups -OCH3 is 2. The maximum Gasteiger partial charge on any atom is 0.175 e. The molecule has 0 bridgehead atoms. The molecule has 4 heteroatoms. The van der Waals surface area contributed by atoms with Crippen molar-refractivity contribution in [2.24, 2.45) is 0 Å². The molecule has 3 nitrogen and oxygen atoms in total. The molecule has 90 valence electrons. The van der Waals surface area contributed by atoms with Crippen LogP contribution in [-0.4, -0.2) is 21.3 Å². The lowest BCUT2D eigenvalue weighted by atomic mass is 9.94. The summed E-state index contributed by atoms with van der Waals surface area (Å²) in [6.45, 7) is 4.22. The van der Waals surface area contributed by atoms with E-state index in [0.717, 1.165) is 21.5 Å². The van der Waals surface area contributed by atoms with Gasteiger partial charge in [0.15, 0.2) is 11.5 Å². The molecule has 1 aromatic rings. The molecular formula is C12H18BrNO2. The van der Waals surface area contributed by atoms with Crippen LogP contribution in [0.4, 0.5) is 0 Å². The Hall–Kier alpha value is -0.740. The molecule has 0 spiro atoms. The van der Waals surface area contributed by atoms with Crippen LogP contribution < -0.4 is 14.8 Å². The molecule has 0 heterocycles. The lowest BCUT2D eigenvalue weighted by molar-refractivity contribution is 0.349. The normalized spacial score (nSPS) is 11.4. The summed E-state index contributed by atoms with van der Waals surface area (Å²) in [7, 11) is 5.20. The van der Waals surface area contributed by atoms with Gasteiger partial charge in [-0.2, -0.15) is 0 Å². The molecule has 0 saturated carbocycles. The van der Waals surface area contributed by atoms with E-state index in [1.54, 1.807) is 14.2 Å². The van der Waals surface area contributed by atoms with Crippen LogP contribution in [0, 0.1) is 0 Å². The van der Waals surface area contributed by atoms with Crippen molar-refractivity contribution in [1.82, 2.24) is 5.32 Å². The molecule has 0 aliphatic rings. The number of hydrogen-bond acceptors (Lipinski definition) is 3. The van der Waals surface area contributed by atoms with Crippen molar-refractivity contribution >= 4 is 15.9 Å². The lowest BCUT2D eigenvalue weighted by Crippen LogP contribution is -2.33. The van der Waals surface area contributed by atoms with Crippen LogP contribution in [-0.2, 0) is 5.54 Å². The van der Waals surface area contributed by atoms with Crippen molar-refractivity contribution in [3.63, 3.8) is 0 Å². The SMILES string of the molecule is CNC(C)(C)c1ccc(OC)c(OC)c1Br. The van der Waals surface area contributed by atoms with Crippen LogP contribution in [0.1, 0.15) is 19.4 Å². The monoisotopic (exact) mass is 287 g/mol. The summed E-state index contributed by atoms with van der Waals surface area (Å²) in [5.41, 5.74) is 1.01. The third-order valence-electron chi connectivity index (χ3n) is 2.78. The zero-order valence-corrected chi connectivity index (χ0v) is 11.9. The summed E-state index contributed by atoms with van der Waals surface area (Å²) in [6, 6.07) is 3.94. The summed E-state index contributed by atoms with van der Waals surface area (Å²) < 4.78 is 11.5. The van der Waals surface area contributed by atoms with E-state index in [0.29, 0.717) is 0 Å². The van der Waals surface area contributed by atoms with Crippen LogP contribution in [0.5, 0.6) is 11.5 Å². The van der Waals surface area contributed by atoms with Gasteiger partial charge in [0.2, 0.25) is 0 Å². The second kappa shape index (κ2) is 5.06. The smallest absolute Gasteiger partial charge is 0.175 e. The Labute approximate surface area is 105 Å². The van der Waals surface area contributed by atoms with Crippen LogP contribution in [0.2, 0.25) is 0 Å². The Kier molecular flexibility index (Phi) is 4.21. The van der Waals surface area contributed by atoms with E-state index in [2.05, 4.69) is 35.1 Å². The predicted molar refractivity (Wildman–Crippen MR) is 69.3 cm³/mol. The molecule has 1 aromatic carbocycles. The first-order chi connectivity index (χ1) is 7.47. The van der Waals surface area contributed by atoms with Gasteiger partial charge in [-0.05, 0) is 48.5 Å². The third-order valence-corrected chi connectivity index (χ3v) is 3.57. The van der Waals surface area contributed by atoms with Crippen molar-refractivity contribution in [1.29, 1.82) is 0 Å². The maximum absolute atomic E-state index is 5.35. The molecule has 16 heavy (non-hydrogen) atoms. The summed E-state index contributed by atoms with van der Waals surface area (Å²) in [5, 5.41) is 3.26. The molecule has 0 amide bonds. The van der Waals surface area contributed by atoms with Crippen LogP contribution in [0.15, 0.2) is 16.6 Å². The average Bonchev–Trinajstić information content (AvgIpc) is 2.28. The summed E-state index contributed by atoms with van der Waals surface area (Å²) in [4.78, 5) is 0. The number of benzene rings is 1. The van der Waals surface area contributed by atoms with Gasteiger partial charge in [0.1, 0.15) is 0 Å². The summed E-state index contributed by atoms with van der Waals surface area (Å²) in [5.74, 6) is 1.45. The van der Waals surface area contributed by atoms with Crippen molar-refractivity contribution in [2.75, 3.05) is 21.3 Å². The van der Waals surface area contributed by atoms with Gasteiger partial charge in [0, 0.05) is 5.54 Å². The number of hydrogen-bond donors (Lipinski definition) is 1. The molecule has 1 rings (SSSR count). The van der Waals surface area contributed by atoms with Crippen LogP contribution >= 0.6 is 15.9 Å². The fraction of sp³-hybridized carbons (Fsp3) is 0.500. The number of nitrogens with one attached hydrogen (secondary N) is 1. The first kappa shape index (κ1) is 13.3. The van der Waals surface area contributed by atoms with Gasteiger partial charge < -0.3 is 14.8 Å². The zero-order chi connectivity index (χ0) is 12.3. The van der Waals surface area contributed by atoms with E-state index in [1.165, 1.54) is 0 Å². The highest BCUT2D eigenvalue weighted by molar-refractivity contribution is 9.10. The van der Waals surface area contributed by atoms with Gasteiger partial charge in [-0.1, -0.05) is 6.07 Å². The zero-order valence-electron chi connectivity index (χ0n) is 10.3.